The van der Waals surface area contributed by atoms with Crippen LogP contribution in [0.4, 0.5) is 5.69 Å². The number of likely N-dealkylation sites (tertiary alicyclic amines) is 1. The van der Waals surface area contributed by atoms with Gasteiger partial charge >= 0.3 is 0 Å². The Labute approximate surface area is 204 Å². The van der Waals surface area contributed by atoms with Gasteiger partial charge in [0.25, 0.3) is 11.6 Å². The highest BCUT2D eigenvalue weighted by atomic mass is 16.6. The number of nitro benzene ring substituents is 1. The lowest BCUT2D eigenvalue weighted by atomic mass is 10.0. The number of hydrogen-bond donors (Lipinski definition) is 1. The molecule has 0 saturated carbocycles. The molecule has 1 amide bonds. The Balaban J connectivity index is 1.24. The molecule has 176 valence electrons. The second kappa shape index (κ2) is 10.1. The molecular formula is C29H27N3O3. The van der Waals surface area contributed by atoms with Gasteiger partial charge in [-0.2, -0.15) is 0 Å². The lowest BCUT2D eigenvalue weighted by molar-refractivity contribution is -0.384. The molecule has 0 aliphatic carbocycles. The molecule has 0 bridgehead atoms. The summed E-state index contributed by atoms with van der Waals surface area (Å²) in [4.78, 5) is 25.7. The van der Waals surface area contributed by atoms with E-state index >= 15 is 0 Å². The Hall–Kier alpha value is -4.03. The third-order valence-electron chi connectivity index (χ3n) is 6.64. The predicted molar refractivity (Wildman–Crippen MR) is 138 cm³/mol. The number of hydrogen-bond acceptors (Lipinski definition) is 4. The van der Waals surface area contributed by atoms with E-state index < -0.39 is 4.92 Å². The number of nitrogens with zero attached hydrogens (tertiary/aromatic N) is 2. The van der Waals surface area contributed by atoms with E-state index in [9.17, 15) is 14.9 Å². The van der Waals surface area contributed by atoms with Gasteiger partial charge in [0.2, 0.25) is 0 Å². The largest absolute Gasteiger partial charge is 0.348 e. The van der Waals surface area contributed by atoms with Gasteiger partial charge in [0.05, 0.1) is 4.92 Å². The fourth-order valence-electron chi connectivity index (χ4n) is 4.72. The molecule has 4 aromatic rings. The predicted octanol–water partition coefficient (Wildman–Crippen LogP) is 5.94. The molecule has 4 aromatic carbocycles. The number of fused-ring (bicyclic) bond motifs is 1. The Morgan fingerprint density at radius 2 is 1.57 bits per heavy atom. The van der Waals surface area contributed by atoms with Crippen LogP contribution in [0.15, 0.2) is 84.9 Å². The minimum Gasteiger partial charge on any atom is -0.348 e. The summed E-state index contributed by atoms with van der Waals surface area (Å²) in [6.45, 7) is 3.80. The maximum atomic E-state index is 12.8. The van der Waals surface area contributed by atoms with Crippen molar-refractivity contribution in [2.24, 2.45) is 0 Å². The minimum atomic E-state index is -0.416. The van der Waals surface area contributed by atoms with E-state index in [-0.39, 0.29) is 11.6 Å². The first-order chi connectivity index (χ1) is 17.1. The van der Waals surface area contributed by atoms with Crippen molar-refractivity contribution in [2.75, 3.05) is 13.1 Å². The van der Waals surface area contributed by atoms with Crippen molar-refractivity contribution in [1.82, 2.24) is 10.2 Å². The van der Waals surface area contributed by atoms with Crippen LogP contribution in [0.1, 0.15) is 34.3 Å². The van der Waals surface area contributed by atoms with Gasteiger partial charge in [-0.05, 0) is 89.3 Å². The van der Waals surface area contributed by atoms with Gasteiger partial charge in [0, 0.05) is 30.8 Å². The average Bonchev–Trinajstić information content (AvgIpc) is 3.40. The molecule has 5 rings (SSSR count). The Kier molecular flexibility index (Phi) is 6.55. The summed E-state index contributed by atoms with van der Waals surface area (Å²) < 4.78 is 0. The third-order valence-corrected chi connectivity index (χ3v) is 6.64. The minimum absolute atomic E-state index is 0.0565. The smallest absolute Gasteiger partial charge is 0.269 e. The lowest BCUT2D eigenvalue weighted by Crippen LogP contribution is -2.22. The van der Waals surface area contributed by atoms with Crippen molar-refractivity contribution in [1.29, 1.82) is 0 Å². The molecule has 0 radical (unpaired) electrons. The molecule has 0 aromatic heterocycles. The van der Waals surface area contributed by atoms with Gasteiger partial charge < -0.3 is 5.32 Å². The zero-order valence-corrected chi connectivity index (χ0v) is 19.4. The molecule has 0 spiro atoms. The standard InChI is InChI=1S/C29H27N3O3/c33-29(24-9-7-22(8-10-24)23-11-13-27(14-12-23)32(34)35)30-19-26-5-3-4-25-18-21(6-15-28(25)26)20-31-16-1-2-17-31/h3-15,18H,1-2,16-17,19-20H2,(H,30,33). The fraction of sp³-hybridized carbons (Fsp3) is 0.207. The van der Waals surface area contributed by atoms with Gasteiger partial charge in [-0.1, -0.05) is 42.5 Å². The molecule has 1 aliphatic heterocycles. The SMILES string of the molecule is O=C(NCc1cccc2cc(CN3CCCC3)ccc12)c1ccc(-c2ccc([N+](=O)[O-])cc2)cc1. The zero-order chi connectivity index (χ0) is 24.2. The number of amides is 1. The van der Waals surface area contributed by atoms with Crippen LogP contribution in [0.2, 0.25) is 0 Å². The molecule has 1 aliphatic rings. The van der Waals surface area contributed by atoms with Crippen LogP contribution in [-0.2, 0) is 13.1 Å². The number of non-ortho nitro benzene ring substituents is 1. The first kappa shape index (κ1) is 22.7. The Morgan fingerprint density at radius 1 is 0.886 bits per heavy atom. The van der Waals surface area contributed by atoms with Gasteiger partial charge in [0.15, 0.2) is 0 Å². The summed E-state index contributed by atoms with van der Waals surface area (Å²) >= 11 is 0. The lowest BCUT2D eigenvalue weighted by Gasteiger charge is -2.15. The number of carbonyl (C=O) groups is 1. The summed E-state index contributed by atoms with van der Waals surface area (Å²) in [6, 6.07) is 26.5. The van der Waals surface area contributed by atoms with E-state index in [1.165, 1.54) is 49.0 Å². The van der Waals surface area contributed by atoms with Crippen molar-refractivity contribution < 1.29 is 9.72 Å². The molecule has 1 saturated heterocycles. The highest BCUT2D eigenvalue weighted by Gasteiger charge is 2.13. The Bertz CT molecular complexity index is 1360. The van der Waals surface area contributed by atoms with Crippen LogP contribution in [0.5, 0.6) is 0 Å². The molecule has 6 nitrogen and oxygen atoms in total. The summed E-state index contributed by atoms with van der Waals surface area (Å²) in [5, 5.41) is 16.2. The molecule has 6 heteroatoms. The van der Waals surface area contributed by atoms with Crippen molar-refractivity contribution in [3.8, 4) is 11.1 Å². The highest BCUT2D eigenvalue weighted by molar-refractivity contribution is 5.95. The molecule has 1 N–H and O–H groups in total. The van der Waals surface area contributed by atoms with E-state index in [1.807, 2.05) is 18.2 Å². The first-order valence-electron chi connectivity index (χ1n) is 11.9. The van der Waals surface area contributed by atoms with Gasteiger partial charge in [0.1, 0.15) is 0 Å². The monoisotopic (exact) mass is 465 g/mol. The van der Waals surface area contributed by atoms with Crippen LogP contribution in [0.25, 0.3) is 21.9 Å². The first-order valence-corrected chi connectivity index (χ1v) is 11.9. The topological polar surface area (TPSA) is 75.5 Å². The zero-order valence-electron chi connectivity index (χ0n) is 19.4. The van der Waals surface area contributed by atoms with Gasteiger partial charge in [-0.3, -0.25) is 19.8 Å². The van der Waals surface area contributed by atoms with E-state index in [2.05, 4.69) is 40.5 Å². The molecule has 0 atom stereocenters. The van der Waals surface area contributed by atoms with E-state index in [0.717, 1.165) is 28.6 Å². The molecule has 0 unspecified atom stereocenters. The van der Waals surface area contributed by atoms with Crippen LogP contribution >= 0.6 is 0 Å². The summed E-state index contributed by atoms with van der Waals surface area (Å²) in [5.41, 5.74) is 4.81. The molecule has 1 fully saturated rings. The van der Waals surface area contributed by atoms with Crippen molar-refractivity contribution in [2.45, 2.75) is 25.9 Å². The maximum absolute atomic E-state index is 12.8. The number of carbonyl (C=O) groups excluding carboxylic acids is 1. The second-order valence-electron chi connectivity index (χ2n) is 9.02. The number of nitrogens with one attached hydrogen (secondary N) is 1. The van der Waals surface area contributed by atoms with Crippen LogP contribution in [0.3, 0.4) is 0 Å². The highest BCUT2D eigenvalue weighted by Crippen LogP contribution is 2.24. The van der Waals surface area contributed by atoms with Gasteiger partial charge in [-0.15, -0.1) is 0 Å². The maximum Gasteiger partial charge on any atom is 0.269 e. The van der Waals surface area contributed by atoms with E-state index in [0.29, 0.717) is 12.1 Å². The molecule has 35 heavy (non-hydrogen) atoms. The average molecular weight is 466 g/mol. The number of nitro groups is 1. The summed E-state index contributed by atoms with van der Waals surface area (Å²) in [5.74, 6) is -0.136. The number of rotatable bonds is 7. The normalized spacial score (nSPS) is 13.7. The van der Waals surface area contributed by atoms with Crippen LogP contribution in [0, 0.1) is 10.1 Å². The third kappa shape index (κ3) is 5.23. The van der Waals surface area contributed by atoms with E-state index in [1.54, 1.807) is 24.3 Å². The van der Waals surface area contributed by atoms with Crippen LogP contribution < -0.4 is 5.32 Å². The quantitative estimate of drug-likeness (QED) is 0.271. The second-order valence-corrected chi connectivity index (χ2v) is 9.02. The summed E-state index contributed by atoms with van der Waals surface area (Å²) in [7, 11) is 0. The van der Waals surface area contributed by atoms with Crippen molar-refractivity contribution >= 4 is 22.4 Å². The molecular weight excluding hydrogens is 438 g/mol. The molecule has 1 heterocycles. The van der Waals surface area contributed by atoms with Crippen molar-refractivity contribution in [3.63, 3.8) is 0 Å². The fourth-order valence-corrected chi connectivity index (χ4v) is 4.72. The Morgan fingerprint density at radius 3 is 2.26 bits per heavy atom. The van der Waals surface area contributed by atoms with Crippen molar-refractivity contribution in [3.05, 3.63) is 112 Å². The van der Waals surface area contributed by atoms with Crippen LogP contribution in [-0.4, -0.2) is 28.8 Å². The summed E-state index contributed by atoms with van der Waals surface area (Å²) in [6.07, 6.45) is 2.58. The number of benzene rings is 4. The van der Waals surface area contributed by atoms with E-state index in [4.69, 9.17) is 0 Å². The van der Waals surface area contributed by atoms with Gasteiger partial charge in [-0.25, -0.2) is 0 Å².